The molecular formula is C13H15F3O3. The number of carbonyl (C=O) groups is 1. The molecule has 19 heavy (non-hydrogen) atoms. The maximum Gasteiger partial charge on any atom is 0.416 e. The summed E-state index contributed by atoms with van der Waals surface area (Å²) in [5, 5.41) is 0. The number of hydrogen-bond donors (Lipinski definition) is 0. The van der Waals surface area contributed by atoms with Crippen LogP contribution in [0.15, 0.2) is 18.2 Å². The minimum atomic E-state index is -4.47. The van der Waals surface area contributed by atoms with Crippen LogP contribution in [0.1, 0.15) is 44.2 Å². The van der Waals surface area contributed by atoms with E-state index in [0.29, 0.717) is 5.56 Å². The van der Waals surface area contributed by atoms with Gasteiger partial charge in [0.15, 0.2) is 5.75 Å². The van der Waals surface area contributed by atoms with E-state index in [0.717, 1.165) is 25.5 Å². The van der Waals surface area contributed by atoms with Crippen LogP contribution < -0.4 is 4.89 Å². The van der Waals surface area contributed by atoms with Gasteiger partial charge in [-0.05, 0) is 24.5 Å². The molecule has 0 saturated heterocycles. The van der Waals surface area contributed by atoms with Crippen molar-refractivity contribution in [3.63, 3.8) is 0 Å². The van der Waals surface area contributed by atoms with Gasteiger partial charge in [-0.2, -0.15) is 13.2 Å². The third kappa shape index (κ3) is 4.15. The summed E-state index contributed by atoms with van der Waals surface area (Å²) in [4.78, 5) is 19.7. The second-order valence-corrected chi connectivity index (χ2v) is 4.22. The fourth-order valence-corrected chi connectivity index (χ4v) is 1.51. The fourth-order valence-electron chi connectivity index (χ4n) is 1.51. The highest BCUT2D eigenvalue weighted by molar-refractivity contribution is 5.65. The topological polar surface area (TPSA) is 35.5 Å². The molecule has 1 atom stereocenters. The number of alkyl halides is 3. The zero-order chi connectivity index (χ0) is 14.6. The Hall–Kier alpha value is -1.72. The second-order valence-electron chi connectivity index (χ2n) is 4.22. The summed E-state index contributed by atoms with van der Waals surface area (Å²) in [5.74, 6) is -0.820. The first-order chi connectivity index (χ1) is 8.75. The molecule has 0 aliphatic carbocycles. The van der Waals surface area contributed by atoms with Crippen molar-refractivity contribution >= 4 is 5.97 Å². The molecule has 1 unspecified atom stereocenters. The van der Waals surface area contributed by atoms with E-state index in [1.807, 2.05) is 13.8 Å². The first-order valence-electron chi connectivity index (χ1n) is 5.82. The van der Waals surface area contributed by atoms with Gasteiger partial charge in [-0.3, -0.25) is 9.78 Å². The summed E-state index contributed by atoms with van der Waals surface area (Å²) >= 11 is 0. The van der Waals surface area contributed by atoms with Gasteiger partial charge in [0.05, 0.1) is 5.56 Å². The molecule has 0 bridgehead atoms. The van der Waals surface area contributed by atoms with Gasteiger partial charge in [0.25, 0.3) is 0 Å². The monoisotopic (exact) mass is 276 g/mol. The lowest BCUT2D eigenvalue weighted by molar-refractivity contribution is -0.211. The molecule has 3 nitrogen and oxygen atoms in total. The summed E-state index contributed by atoms with van der Waals surface area (Å²) in [5.41, 5.74) is -0.279. The van der Waals surface area contributed by atoms with Crippen molar-refractivity contribution in [3.8, 4) is 5.75 Å². The zero-order valence-electron chi connectivity index (χ0n) is 10.9. The van der Waals surface area contributed by atoms with Crippen LogP contribution in [-0.4, -0.2) is 5.97 Å². The van der Waals surface area contributed by atoms with Gasteiger partial charge in [0.2, 0.25) is 0 Å². The Morgan fingerprint density at radius 3 is 2.47 bits per heavy atom. The van der Waals surface area contributed by atoms with Crippen molar-refractivity contribution in [3.05, 3.63) is 29.3 Å². The largest absolute Gasteiger partial charge is 0.416 e. The van der Waals surface area contributed by atoms with Gasteiger partial charge in [-0.15, -0.1) is 0 Å². The van der Waals surface area contributed by atoms with Crippen LogP contribution in [0.3, 0.4) is 0 Å². The quantitative estimate of drug-likeness (QED) is 0.614. The van der Waals surface area contributed by atoms with E-state index >= 15 is 0 Å². The maximum atomic E-state index is 12.6. The Kier molecular flexibility index (Phi) is 4.80. The molecule has 0 fully saturated rings. The van der Waals surface area contributed by atoms with E-state index in [4.69, 9.17) is 4.89 Å². The lowest BCUT2D eigenvalue weighted by atomic mass is 9.96. The number of hydrogen-bond acceptors (Lipinski definition) is 3. The third-order valence-electron chi connectivity index (χ3n) is 2.73. The van der Waals surface area contributed by atoms with Gasteiger partial charge in [-0.1, -0.05) is 19.9 Å². The van der Waals surface area contributed by atoms with Gasteiger partial charge >= 0.3 is 12.1 Å². The van der Waals surface area contributed by atoms with Crippen molar-refractivity contribution < 1.29 is 27.7 Å². The Morgan fingerprint density at radius 2 is 2.00 bits per heavy atom. The van der Waals surface area contributed by atoms with Crippen molar-refractivity contribution in [2.45, 2.75) is 39.3 Å². The van der Waals surface area contributed by atoms with Crippen LogP contribution >= 0.6 is 0 Å². The van der Waals surface area contributed by atoms with Crippen LogP contribution in [0.4, 0.5) is 13.2 Å². The van der Waals surface area contributed by atoms with Gasteiger partial charge in [0, 0.05) is 12.5 Å². The maximum absolute atomic E-state index is 12.6. The average molecular weight is 276 g/mol. The summed E-state index contributed by atoms with van der Waals surface area (Å²) < 4.78 is 37.9. The average Bonchev–Trinajstić information content (AvgIpc) is 2.33. The van der Waals surface area contributed by atoms with Crippen LogP contribution in [0.5, 0.6) is 5.75 Å². The van der Waals surface area contributed by atoms with Crippen LogP contribution in [0.25, 0.3) is 0 Å². The molecule has 1 aromatic rings. The number of benzene rings is 1. The normalized spacial score (nSPS) is 12.9. The molecule has 0 radical (unpaired) electrons. The molecule has 0 heterocycles. The van der Waals surface area contributed by atoms with E-state index in [2.05, 4.69) is 4.89 Å². The highest BCUT2D eigenvalue weighted by Crippen LogP contribution is 2.36. The highest BCUT2D eigenvalue weighted by Gasteiger charge is 2.32. The SMILES string of the molecule is CCC(C)c1ccc(C(F)(F)F)cc1OOC(C)=O. The molecule has 1 aromatic carbocycles. The fraction of sp³-hybridized carbons (Fsp3) is 0.462. The number of halogens is 3. The molecular weight excluding hydrogens is 261 g/mol. The molecule has 0 N–H and O–H groups in total. The van der Waals surface area contributed by atoms with E-state index in [-0.39, 0.29) is 11.7 Å². The molecule has 0 aliphatic rings. The number of rotatable bonds is 4. The molecule has 0 amide bonds. The van der Waals surface area contributed by atoms with Gasteiger partial charge in [-0.25, -0.2) is 4.79 Å². The predicted octanol–water partition coefficient (Wildman–Crippen LogP) is 4.08. The third-order valence-corrected chi connectivity index (χ3v) is 2.73. The Bertz CT molecular complexity index is 455. The molecule has 6 heteroatoms. The van der Waals surface area contributed by atoms with Crippen LogP contribution in [0.2, 0.25) is 0 Å². The standard InChI is InChI=1S/C13H15F3O3/c1-4-8(2)11-6-5-10(13(14,15)16)7-12(11)19-18-9(3)17/h5-8H,4H2,1-3H3. The van der Waals surface area contributed by atoms with E-state index < -0.39 is 17.7 Å². The molecule has 0 saturated carbocycles. The minimum absolute atomic E-state index is 0.00663. The molecule has 0 aromatic heterocycles. The van der Waals surface area contributed by atoms with Crippen LogP contribution in [0, 0.1) is 0 Å². The second kappa shape index (κ2) is 5.95. The van der Waals surface area contributed by atoms with Crippen molar-refractivity contribution in [1.29, 1.82) is 0 Å². The molecule has 0 aliphatic heterocycles. The summed E-state index contributed by atoms with van der Waals surface area (Å²) in [6.45, 7) is 4.86. The van der Waals surface area contributed by atoms with Gasteiger partial charge < -0.3 is 0 Å². The molecule has 0 spiro atoms. The van der Waals surface area contributed by atoms with Crippen molar-refractivity contribution in [2.24, 2.45) is 0 Å². The van der Waals surface area contributed by atoms with Crippen LogP contribution in [-0.2, 0) is 15.9 Å². The molecule has 106 valence electrons. The minimum Gasteiger partial charge on any atom is -0.287 e. The first kappa shape index (κ1) is 15.3. The van der Waals surface area contributed by atoms with Crippen molar-refractivity contribution in [1.82, 2.24) is 0 Å². The zero-order valence-corrected chi connectivity index (χ0v) is 10.9. The highest BCUT2D eigenvalue weighted by atomic mass is 19.4. The molecule has 1 rings (SSSR count). The number of carbonyl (C=O) groups excluding carboxylic acids is 1. The smallest absolute Gasteiger partial charge is 0.287 e. The van der Waals surface area contributed by atoms with Crippen molar-refractivity contribution in [2.75, 3.05) is 0 Å². The van der Waals surface area contributed by atoms with E-state index in [9.17, 15) is 18.0 Å². The first-order valence-corrected chi connectivity index (χ1v) is 5.82. The van der Waals surface area contributed by atoms with Gasteiger partial charge in [0.1, 0.15) is 0 Å². The summed E-state index contributed by atoms with van der Waals surface area (Å²) in [6.07, 6.45) is -3.75. The Balaban J connectivity index is 3.14. The van der Waals surface area contributed by atoms with E-state index in [1.165, 1.54) is 6.07 Å². The lowest BCUT2D eigenvalue weighted by Gasteiger charge is -2.16. The Morgan fingerprint density at radius 1 is 1.37 bits per heavy atom. The predicted molar refractivity (Wildman–Crippen MR) is 62.5 cm³/mol. The summed E-state index contributed by atoms with van der Waals surface area (Å²) in [7, 11) is 0. The lowest BCUT2D eigenvalue weighted by Crippen LogP contribution is -2.09. The van der Waals surface area contributed by atoms with E-state index in [1.54, 1.807) is 0 Å². The summed E-state index contributed by atoms with van der Waals surface area (Å²) in [6, 6.07) is 3.17. The Labute approximate surface area is 109 Å².